The van der Waals surface area contributed by atoms with Crippen molar-refractivity contribution in [1.29, 1.82) is 0 Å². The number of aryl methyl sites for hydroxylation is 1. The van der Waals surface area contributed by atoms with Gasteiger partial charge in [0.2, 0.25) is 5.13 Å². The first kappa shape index (κ1) is 21.6. The summed E-state index contributed by atoms with van der Waals surface area (Å²) in [5.74, 6) is 1.59. The number of aromatic nitrogens is 1. The molecular weight excluding hydrogens is 496 g/mol. The molecule has 6 heteroatoms. The maximum Gasteiger partial charge on any atom is 0.210 e. The smallest absolute Gasteiger partial charge is 0.210 e. The molecule has 0 unspecified atom stereocenters. The first-order valence-electron chi connectivity index (χ1n) is 10.6. The molecule has 4 nitrogen and oxygen atoms in total. The Morgan fingerprint density at radius 2 is 1.70 bits per heavy atom. The molecule has 2 heterocycles. The highest BCUT2D eigenvalue weighted by atomic mass is 79.9. The summed E-state index contributed by atoms with van der Waals surface area (Å²) in [7, 11) is 0. The first-order chi connectivity index (χ1) is 16.1. The van der Waals surface area contributed by atoms with E-state index in [4.69, 9.17) is 19.1 Å². The van der Waals surface area contributed by atoms with E-state index >= 15 is 0 Å². The topological polar surface area (TPSA) is 47.6 Å². The van der Waals surface area contributed by atoms with Crippen LogP contribution in [0.4, 0.5) is 5.13 Å². The highest BCUT2D eigenvalue weighted by molar-refractivity contribution is 9.10. The van der Waals surface area contributed by atoms with Crippen LogP contribution in [-0.2, 0) is 0 Å². The normalized spacial score (nSPS) is 11.8. The lowest BCUT2D eigenvalue weighted by atomic mass is 10.1. The second-order valence-corrected chi connectivity index (χ2v) is 9.57. The van der Waals surface area contributed by atoms with Crippen molar-refractivity contribution in [3.05, 3.63) is 93.6 Å². The van der Waals surface area contributed by atoms with E-state index in [0.717, 1.165) is 59.1 Å². The lowest BCUT2D eigenvalue weighted by Gasteiger charge is -2.06. The van der Waals surface area contributed by atoms with Gasteiger partial charge in [-0.15, -0.1) is 0 Å². The third-order valence-electron chi connectivity index (χ3n) is 5.22. The van der Waals surface area contributed by atoms with Crippen molar-refractivity contribution in [1.82, 2.24) is 4.98 Å². The minimum absolute atomic E-state index is 0.637. The lowest BCUT2D eigenvalue weighted by Crippen LogP contribution is -2.03. The second-order valence-electron chi connectivity index (χ2n) is 7.47. The monoisotopic (exact) mass is 516 g/mol. The molecule has 3 aromatic carbocycles. The predicted molar refractivity (Wildman–Crippen MR) is 138 cm³/mol. The van der Waals surface area contributed by atoms with Gasteiger partial charge in [0.05, 0.1) is 17.7 Å². The van der Waals surface area contributed by atoms with E-state index in [1.165, 1.54) is 0 Å². The van der Waals surface area contributed by atoms with Crippen LogP contribution in [0.1, 0.15) is 11.8 Å². The number of fused-ring (bicyclic) bond motifs is 1. The van der Waals surface area contributed by atoms with Crippen LogP contribution < -0.4 is 10.1 Å². The Labute approximate surface area is 204 Å². The molecule has 5 aromatic rings. The van der Waals surface area contributed by atoms with Crippen molar-refractivity contribution in [3.63, 3.8) is 0 Å². The summed E-state index contributed by atoms with van der Waals surface area (Å²) in [6.07, 6.45) is 0. The lowest BCUT2D eigenvalue weighted by molar-refractivity contribution is 0.340. The van der Waals surface area contributed by atoms with Crippen LogP contribution in [0, 0.1) is 6.92 Å². The Hall–Kier alpha value is -3.22. The van der Waals surface area contributed by atoms with Crippen molar-refractivity contribution in [2.45, 2.75) is 13.8 Å². The summed E-state index contributed by atoms with van der Waals surface area (Å²) < 4.78 is 12.8. The fourth-order valence-corrected chi connectivity index (χ4v) is 4.72. The zero-order chi connectivity index (χ0) is 22.8. The van der Waals surface area contributed by atoms with E-state index in [2.05, 4.69) is 35.0 Å². The summed E-state index contributed by atoms with van der Waals surface area (Å²) in [5.41, 5.74) is 3.79. The number of benzene rings is 3. The first-order valence-corrected chi connectivity index (χ1v) is 12.3. The van der Waals surface area contributed by atoms with Crippen LogP contribution in [0.3, 0.4) is 0 Å². The zero-order valence-corrected chi connectivity index (χ0v) is 20.6. The number of hydrogen-bond acceptors (Lipinski definition) is 5. The van der Waals surface area contributed by atoms with Crippen molar-refractivity contribution in [2.75, 3.05) is 6.61 Å². The third kappa shape index (κ3) is 4.63. The van der Waals surface area contributed by atoms with Crippen molar-refractivity contribution in [3.8, 4) is 28.3 Å². The van der Waals surface area contributed by atoms with Crippen LogP contribution in [0.5, 0.6) is 5.75 Å². The van der Waals surface area contributed by atoms with Crippen LogP contribution in [0.2, 0.25) is 0 Å². The Balaban J connectivity index is 1.62. The summed E-state index contributed by atoms with van der Waals surface area (Å²) in [6, 6.07) is 26.0. The SMILES string of the molecule is CCOc1ccc(-c2cc(=Nc3nc(-c4ccc(Br)cc4)c(C)s3)c3ccccc3o2)cc1. The second kappa shape index (κ2) is 9.33. The minimum atomic E-state index is 0.637. The molecule has 0 radical (unpaired) electrons. The van der Waals surface area contributed by atoms with Gasteiger partial charge >= 0.3 is 0 Å². The molecule has 0 bridgehead atoms. The molecule has 0 aliphatic heterocycles. The molecule has 2 aromatic heterocycles. The molecule has 0 amide bonds. The quantitative estimate of drug-likeness (QED) is 0.238. The minimum Gasteiger partial charge on any atom is -0.494 e. The predicted octanol–water partition coefficient (Wildman–Crippen LogP) is 7.93. The van der Waals surface area contributed by atoms with Gasteiger partial charge in [0.15, 0.2) is 0 Å². The van der Waals surface area contributed by atoms with E-state index in [0.29, 0.717) is 6.61 Å². The van der Waals surface area contributed by atoms with Gasteiger partial charge in [-0.1, -0.05) is 51.5 Å². The average Bonchev–Trinajstić information content (AvgIpc) is 3.20. The Kier molecular flexibility index (Phi) is 6.11. The van der Waals surface area contributed by atoms with Gasteiger partial charge in [-0.2, -0.15) is 0 Å². The molecule has 0 saturated carbocycles. The summed E-state index contributed by atoms with van der Waals surface area (Å²) >= 11 is 5.08. The number of rotatable bonds is 5. The van der Waals surface area contributed by atoms with Gasteiger partial charge in [-0.05, 0) is 62.4 Å². The molecular formula is C27H21BrN2O2S. The van der Waals surface area contributed by atoms with Crippen LogP contribution in [0.15, 0.2) is 92.7 Å². The Morgan fingerprint density at radius 3 is 2.45 bits per heavy atom. The molecule has 0 atom stereocenters. The van der Waals surface area contributed by atoms with E-state index in [1.807, 2.05) is 73.7 Å². The summed E-state index contributed by atoms with van der Waals surface area (Å²) in [5, 5.41) is 2.50. The van der Waals surface area contributed by atoms with E-state index in [-0.39, 0.29) is 0 Å². The van der Waals surface area contributed by atoms with Crippen molar-refractivity contribution >= 4 is 43.4 Å². The molecule has 0 N–H and O–H groups in total. The highest BCUT2D eigenvalue weighted by Gasteiger charge is 2.11. The number of para-hydroxylation sites is 1. The molecule has 33 heavy (non-hydrogen) atoms. The molecule has 0 fully saturated rings. The zero-order valence-electron chi connectivity index (χ0n) is 18.2. The number of thiazole rings is 1. The third-order valence-corrected chi connectivity index (χ3v) is 6.61. The van der Waals surface area contributed by atoms with Gasteiger partial charge in [-0.25, -0.2) is 9.98 Å². The molecule has 0 saturated heterocycles. The molecule has 0 aliphatic carbocycles. The van der Waals surface area contributed by atoms with Gasteiger partial charge in [0.1, 0.15) is 17.1 Å². The number of nitrogens with zero attached hydrogens (tertiary/aromatic N) is 2. The largest absolute Gasteiger partial charge is 0.494 e. The van der Waals surface area contributed by atoms with Crippen LogP contribution in [0.25, 0.3) is 33.6 Å². The maximum atomic E-state index is 6.21. The van der Waals surface area contributed by atoms with Crippen molar-refractivity contribution < 1.29 is 9.15 Å². The standard InChI is InChI=1S/C27H21BrN2O2S/c1-3-31-21-14-10-18(11-15-21)25-16-23(22-6-4-5-7-24(22)32-25)29-27-30-26(17(2)33-27)19-8-12-20(28)13-9-19/h4-16H,3H2,1-2H3. The fourth-order valence-electron chi connectivity index (χ4n) is 3.64. The summed E-state index contributed by atoms with van der Waals surface area (Å²) in [6.45, 7) is 4.69. The molecule has 5 rings (SSSR count). The van der Waals surface area contributed by atoms with E-state index < -0.39 is 0 Å². The van der Waals surface area contributed by atoms with E-state index in [1.54, 1.807) is 11.3 Å². The summed E-state index contributed by atoms with van der Waals surface area (Å²) in [4.78, 5) is 10.9. The van der Waals surface area contributed by atoms with Crippen LogP contribution >= 0.6 is 27.3 Å². The van der Waals surface area contributed by atoms with Crippen LogP contribution in [-0.4, -0.2) is 11.6 Å². The fraction of sp³-hybridized carbons (Fsp3) is 0.111. The maximum absolute atomic E-state index is 6.21. The number of halogens is 1. The highest BCUT2D eigenvalue weighted by Crippen LogP contribution is 2.33. The van der Waals surface area contributed by atoms with E-state index in [9.17, 15) is 0 Å². The Morgan fingerprint density at radius 1 is 0.970 bits per heavy atom. The number of ether oxygens (including phenoxy) is 1. The molecule has 0 spiro atoms. The van der Waals surface area contributed by atoms with Gasteiger partial charge < -0.3 is 9.15 Å². The van der Waals surface area contributed by atoms with Crippen molar-refractivity contribution in [2.24, 2.45) is 4.99 Å². The van der Waals surface area contributed by atoms with Gasteiger partial charge in [-0.3, -0.25) is 0 Å². The molecule has 0 aliphatic rings. The molecule has 164 valence electrons. The van der Waals surface area contributed by atoms with Gasteiger partial charge in [0, 0.05) is 31.9 Å². The average molecular weight is 517 g/mol. The number of hydrogen-bond donors (Lipinski definition) is 0. The Bertz CT molecular complexity index is 1490. The van der Waals surface area contributed by atoms with Gasteiger partial charge in [0.25, 0.3) is 0 Å².